The molecule has 1 amide bonds. The van der Waals surface area contributed by atoms with Crippen LogP contribution in [0.1, 0.15) is 18.9 Å². The Morgan fingerprint density at radius 2 is 1.81 bits per heavy atom. The molecule has 0 heterocycles. The Morgan fingerprint density at radius 1 is 1.15 bits per heavy atom. The number of benzene rings is 2. The number of carbonyl (C=O) groups excluding carboxylic acids is 1. The summed E-state index contributed by atoms with van der Waals surface area (Å²) in [6, 6.07) is 13.2. The van der Waals surface area contributed by atoms with Gasteiger partial charge in [0.2, 0.25) is 5.91 Å². The van der Waals surface area contributed by atoms with Gasteiger partial charge in [-0.05, 0) is 30.2 Å². The molecule has 2 aromatic rings. The van der Waals surface area contributed by atoms with Crippen LogP contribution in [0.25, 0.3) is 0 Å². The summed E-state index contributed by atoms with van der Waals surface area (Å²) in [6.07, 6.45) is 0.563. The first-order valence-electron chi connectivity index (χ1n) is 8.45. The summed E-state index contributed by atoms with van der Waals surface area (Å²) in [6.45, 7) is 1.90. The van der Waals surface area contributed by atoms with E-state index in [1.54, 1.807) is 49.4 Å². The SMILES string of the molecule is CC(Cc1ccc(NC(=O)CCNc2ccccc2[N+](=O)[O-])cc1)C(=O)O. The predicted molar refractivity (Wildman–Crippen MR) is 102 cm³/mol. The summed E-state index contributed by atoms with van der Waals surface area (Å²) in [7, 11) is 0. The molecular weight excluding hydrogens is 350 g/mol. The Bertz CT molecular complexity index is 820. The van der Waals surface area contributed by atoms with Crippen molar-refractivity contribution in [1.29, 1.82) is 0 Å². The van der Waals surface area contributed by atoms with E-state index in [1.165, 1.54) is 6.07 Å². The zero-order chi connectivity index (χ0) is 19.8. The van der Waals surface area contributed by atoms with Crippen molar-refractivity contribution in [1.82, 2.24) is 0 Å². The maximum absolute atomic E-state index is 12.0. The summed E-state index contributed by atoms with van der Waals surface area (Å²) in [5.74, 6) is -1.55. The number of amides is 1. The fraction of sp³-hybridized carbons (Fsp3) is 0.263. The highest BCUT2D eigenvalue weighted by atomic mass is 16.6. The number of hydrogen-bond acceptors (Lipinski definition) is 5. The van der Waals surface area contributed by atoms with Gasteiger partial charge in [-0.15, -0.1) is 0 Å². The molecule has 142 valence electrons. The molecule has 0 saturated heterocycles. The normalized spacial score (nSPS) is 11.4. The largest absolute Gasteiger partial charge is 0.481 e. The third kappa shape index (κ3) is 6.10. The number of carbonyl (C=O) groups is 2. The summed E-state index contributed by atoms with van der Waals surface area (Å²) in [5, 5.41) is 25.5. The lowest BCUT2D eigenvalue weighted by Gasteiger charge is -2.09. The first kappa shape index (κ1) is 19.9. The van der Waals surface area contributed by atoms with Crippen LogP contribution in [0.15, 0.2) is 48.5 Å². The zero-order valence-electron chi connectivity index (χ0n) is 14.8. The minimum atomic E-state index is -0.849. The molecule has 2 rings (SSSR count). The highest BCUT2D eigenvalue weighted by Gasteiger charge is 2.13. The van der Waals surface area contributed by atoms with Crippen molar-refractivity contribution in [2.24, 2.45) is 5.92 Å². The molecule has 0 aromatic heterocycles. The monoisotopic (exact) mass is 371 g/mol. The topological polar surface area (TPSA) is 122 Å². The first-order valence-corrected chi connectivity index (χ1v) is 8.45. The van der Waals surface area contributed by atoms with Gasteiger partial charge in [0.25, 0.3) is 5.69 Å². The van der Waals surface area contributed by atoms with Gasteiger partial charge < -0.3 is 15.7 Å². The van der Waals surface area contributed by atoms with E-state index in [0.717, 1.165) is 5.56 Å². The number of anilines is 2. The van der Waals surface area contributed by atoms with Gasteiger partial charge in [0.05, 0.1) is 10.8 Å². The zero-order valence-corrected chi connectivity index (χ0v) is 14.8. The predicted octanol–water partition coefficient (Wildman–Crippen LogP) is 3.30. The highest BCUT2D eigenvalue weighted by Crippen LogP contribution is 2.23. The minimum Gasteiger partial charge on any atom is -0.481 e. The van der Waals surface area contributed by atoms with Crippen molar-refractivity contribution in [2.75, 3.05) is 17.2 Å². The Kier molecular flexibility index (Phi) is 6.87. The van der Waals surface area contributed by atoms with Crippen LogP contribution >= 0.6 is 0 Å². The number of para-hydroxylation sites is 2. The number of carboxylic acid groups (broad SMARTS) is 1. The molecule has 3 N–H and O–H groups in total. The molecule has 0 bridgehead atoms. The summed E-state index contributed by atoms with van der Waals surface area (Å²) >= 11 is 0. The van der Waals surface area contributed by atoms with Crippen LogP contribution in [-0.4, -0.2) is 28.5 Å². The lowest BCUT2D eigenvalue weighted by molar-refractivity contribution is -0.384. The first-order chi connectivity index (χ1) is 12.9. The van der Waals surface area contributed by atoms with E-state index >= 15 is 0 Å². The number of rotatable bonds is 9. The van der Waals surface area contributed by atoms with Gasteiger partial charge in [0.1, 0.15) is 5.69 Å². The second-order valence-electron chi connectivity index (χ2n) is 6.14. The molecule has 1 atom stereocenters. The number of carboxylic acids is 1. The van der Waals surface area contributed by atoms with Crippen molar-refractivity contribution >= 4 is 28.9 Å². The van der Waals surface area contributed by atoms with Crippen LogP contribution in [0.4, 0.5) is 17.1 Å². The van der Waals surface area contributed by atoms with E-state index in [0.29, 0.717) is 17.8 Å². The molecule has 0 fully saturated rings. The lowest BCUT2D eigenvalue weighted by atomic mass is 10.0. The van der Waals surface area contributed by atoms with Crippen LogP contribution < -0.4 is 10.6 Å². The molecule has 0 aliphatic carbocycles. The van der Waals surface area contributed by atoms with Gasteiger partial charge in [-0.1, -0.05) is 31.2 Å². The molecule has 1 unspecified atom stereocenters. The fourth-order valence-electron chi connectivity index (χ4n) is 2.48. The molecule has 0 aliphatic heterocycles. The number of nitro groups is 1. The highest BCUT2D eigenvalue weighted by molar-refractivity contribution is 5.91. The van der Waals surface area contributed by atoms with Gasteiger partial charge >= 0.3 is 5.97 Å². The van der Waals surface area contributed by atoms with Gasteiger partial charge in [0, 0.05) is 24.7 Å². The van der Waals surface area contributed by atoms with Crippen LogP contribution in [0.2, 0.25) is 0 Å². The number of hydrogen-bond donors (Lipinski definition) is 3. The standard InChI is InChI=1S/C19H21N3O5/c1-13(19(24)25)12-14-6-8-15(9-7-14)21-18(23)10-11-20-16-4-2-3-5-17(16)22(26)27/h2-9,13,20H,10-12H2,1H3,(H,21,23)(H,24,25). The molecule has 0 saturated carbocycles. The molecule has 0 spiro atoms. The molecule has 27 heavy (non-hydrogen) atoms. The Balaban J connectivity index is 1.82. The Labute approximate surface area is 156 Å². The van der Waals surface area contributed by atoms with E-state index in [1.807, 2.05) is 0 Å². The molecule has 8 heteroatoms. The van der Waals surface area contributed by atoms with E-state index in [2.05, 4.69) is 10.6 Å². The van der Waals surface area contributed by atoms with Crippen molar-refractivity contribution in [2.45, 2.75) is 19.8 Å². The van der Waals surface area contributed by atoms with E-state index in [9.17, 15) is 19.7 Å². The van der Waals surface area contributed by atoms with Gasteiger partial charge in [-0.3, -0.25) is 19.7 Å². The maximum atomic E-state index is 12.0. The van der Waals surface area contributed by atoms with Crippen molar-refractivity contribution in [3.8, 4) is 0 Å². The second kappa shape index (κ2) is 9.33. The maximum Gasteiger partial charge on any atom is 0.306 e. The second-order valence-corrected chi connectivity index (χ2v) is 6.14. The molecular formula is C19H21N3O5. The molecule has 0 radical (unpaired) electrons. The average molecular weight is 371 g/mol. The summed E-state index contributed by atoms with van der Waals surface area (Å²) < 4.78 is 0. The van der Waals surface area contributed by atoms with Crippen LogP contribution in [0, 0.1) is 16.0 Å². The van der Waals surface area contributed by atoms with Crippen molar-refractivity contribution in [3.05, 3.63) is 64.2 Å². The average Bonchev–Trinajstić information content (AvgIpc) is 2.63. The van der Waals surface area contributed by atoms with E-state index in [-0.39, 0.29) is 24.6 Å². The smallest absolute Gasteiger partial charge is 0.306 e. The Morgan fingerprint density at radius 3 is 2.44 bits per heavy atom. The fourth-order valence-corrected chi connectivity index (χ4v) is 2.48. The Hall–Kier alpha value is -3.42. The number of nitrogens with zero attached hydrogens (tertiary/aromatic N) is 1. The molecule has 2 aromatic carbocycles. The minimum absolute atomic E-state index is 0.0379. The summed E-state index contributed by atoms with van der Waals surface area (Å²) in [4.78, 5) is 33.4. The van der Waals surface area contributed by atoms with Crippen LogP contribution in [0.5, 0.6) is 0 Å². The number of aliphatic carboxylic acids is 1. The van der Waals surface area contributed by atoms with Crippen molar-refractivity contribution in [3.63, 3.8) is 0 Å². The molecule has 0 aliphatic rings. The van der Waals surface area contributed by atoms with E-state index < -0.39 is 16.8 Å². The number of nitrogens with one attached hydrogen (secondary N) is 2. The number of nitro benzene ring substituents is 1. The molecule has 8 nitrogen and oxygen atoms in total. The quantitative estimate of drug-likeness (QED) is 0.459. The van der Waals surface area contributed by atoms with Gasteiger partial charge in [-0.2, -0.15) is 0 Å². The third-order valence-electron chi connectivity index (χ3n) is 3.97. The lowest BCUT2D eigenvalue weighted by Crippen LogP contribution is -2.16. The van der Waals surface area contributed by atoms with Crippen LogP contribution in [-0.2, 0) is 16.0 Å². The van der Waals surface area contributed by atoms with E-state index in [4.69, 9.17) is 5.11 Å². The van der Waals surface area contributed by atoms with Crippen LogP contribution in [0.3, 0.4) is 0 Å². The third-order valence-corrected chi connectivity index (χ3v) is 3.97. The van der Waals surface area contributed by atoms with Gasteiger partial charge in [-0.25, -0.2) is 0 Å². The van der Waals surface area contributed by atoms with Crippen molar-refractivity contribution < 1.29 is 19.6 Å². The summed E-state index contributed by atoms with van der Waals surface area (Å²) in [5.41, 5.74) is 1.81. The van der Waals surface area contributed by atoms with Gasteiger partial charge in [0.15, 0.2) is 0 Å².